The van der Waals surface area contributed by atoms with Gasteiger partial charge in [0.2, 0.25) is 5.88 Å². The first-order valence-corrected chi connectivity index (χ1v) is 12.3. The summed E-state index contributed by atoms with van der Waals surface area (Å²) < 4.78 is 35.2. The minimum atomic E-state index is -3.83. The van der Waals surface area contributed by atoms with Gasteiger partial charge in [0.05, 0.1) is 12.0 Å². The van der Waals surface area contributed by atoms with Crippen LogP contribution < -0.4 is 4.74 Å². The zero-order valence-corrected chi connectivity index (χ0v) is 19.8. The molecule has 0 bridgehead atoms. The molecule has 8 heteroatoms. The molecule has 2 aromatic heterocycles. The van der Waals surface area contributed by atoms with Gasteiger partial charge in [-0.3, -0.25) is 4.90 Å². The van der Waals surface area contributed by atoms with Gasteiger partial charge in [-0.15, -0.1) is 0 Å². The van der Waals surface area contributed by atoms with Crippen molar-refractivity contribution in [3.8, 4) is 5.88 Å². The number of piperidine rings is 1. The Labute approximate surface area is 186 Å². The number of ether oxygens (including phenoxy) is 1. The van der Waals surface area contributed by atoms with E-state index >= 15 is 0 Å². The van der Waals surface area contributed by atoms with Crippen LogP contribution in [0.5, 0.6) is 5.88 Å². The van der Waals surface area contributed by atoms with E-state index in [1.807, 2.05) is 25.1 Å². The number of aromatic nitrogens is 2. The molecule has 0 radical (unpaired) electrons. The van der Waals surface area contributed by atoms with Crippen LogP contribution in [0.15, 0.2) is 45.9 Å². The van der Waals surface area contributed by atoms with Crippen molar-refractivity contribution >= 4 is 36.9 Å². The van der Waals surface area contributed by atoms with Crippen LogP contribution in [0.25, 0.3) is 10.9 Å². The van der Waals surface area contributed by atoms with Gasteiger partial charge in [0.15, 0.2) is 0 Å². The van der Waals surface area contributed by atoms with Crippen LogP contribution in [0.4, 0.5) is 0 Å². The lowest BCUT2D eigenvalue weighted by molar-refractivity contribution is 0.174. The number of aryl methyl sites for hydroxylation is 1. The van der Waals surface area contributed by atoms with Gasteiger partial charge < -0.3 is 4.74 Å². The van der Waals surface area contributed by atoms with Gasteiger partial charge in [-0.05, 0) is 66.4 Å². The van der Waals surface area contributed by atoms with Crippen LogP contribution >= 0.6 is 15.9 Å². The Bertz CT molecular complexity index is 1170. The second kappa shape index (κ2) is 8.32. The number of hydrogen-bond acceptors (Lipinski definition) is 5. The first kappa shape index (κ1) is 21.3. The predicted molar refractivity (Wildman–Crippen MR) is 121 cm³/mol. The van der Waals surface area contributed by atoms with E-state index in [0.29, 0.717) is 29.6 Å². The van der Waals surface area contributed by atoms with Crippen LogP contribution in [-0.4, -0.2) is 42.5 Å². The molecule has 1 atom stereocenters. The Balaban J connectivity index is 1.93. The molecule has 0 N–H and O–H groups in total. The van der Waals surface area contributed by atoms with Crippen LogP contribution in [0.2, 0.25) is 0 Å². The Morgan fingerprint density at radius 3 is 2.67 bits per heavy atom. The Morgan fingerprint density at radius 1 is 1.27 bits per heavy atom. The molecular formula is C22H26BrN3O3S. The summed E-state index contributed by atoms with van der Waals surface area (Å²) in [5.74, 6) is 0.898. The fourth-order valence-electron chi connectivity index (χ4n) is 4.19. The highest BCUT2D eigenvalue weighted by Crippen LogP contribution is 2.36. The molecule has 160 valence electrons. The Kier molecular flexibility index (Phi) is 5.92. The lowest BCUT2D eigenvalue weighted by Gasteiger charge is -2.31. The molecule has 1 fully saturated rings. The minimum Gasteiger partial charge on any atom is -0.479 e. The third-order valence-corrected chi connectivity index (χ3v) is 8.06. The molecule has 3 heterocycles. The smallest absolute Gasteiger partial charge is 0.268 e. The molecule has 0 unspecified atom stereocenters. The van der Waals surface area contributed by atoms with Gasteiger partial charge in [-0.1, -0.05) is 24.6 Å². The van der Waals surface area contributed by atoms with E-state index in [0.717, 1.165) is 34.9 Å². The molecule has 1 aromatic carbocycles. The third-order valence-electron chi connectivity index (χ3n) is 5.66. The highest BCUT2D eigenvalue weighted by molar-refractivity contribution is 9.10. The van der Waals surface area contributed by atoms with E-state index in [1.54, 1.807) is 18.3 Å². The van der Waals surface area contributed by atoms with E-state index in [1.165, 1.54) is 17.5 Å². The fourth-order valence-corrected chi connectivity index (χ4v) is 6.12. The van der Waals surface area contributed by atoms with Crippen molar-refractivity contribution in [2.75, 3.05) is 20.2 Å². The maximum absolute atomic E-state index is 13.8. The largest absolute Gasteiger partial charge is 0.479 e. The molecular weight excluding hydrogens is 466 g/mol. The second-order valence-corrected chi connectivity index (χ2v) is 10.7. The number of fused-ring (bicyclic) bond motifs is 1. The highest BCUT2D eigenvalue weighted by atomic mass is 79.9. The first-order valence-electron chi connectivity index (χ1n) is 10.1. The van der Waals surface area contributed by atoms with Crippen LogP contribution in [0.3, 0.4) is 0 Å². The minimum absolute atomic E-state index is 0.251. The van der Waals surface area contributed by atoms with Gasteiger partial charge >= 0.3 is 0 Å². The predicted octanol–water partition coefficient (Wildman–Crippen LogP) is 4.58. The second-order valence-electron chi connectivity index (χ2n) is 8.08. The van der Waals surface area contributed by atoms with E-state index in [9.17, 15) is 8.42 Å². The number of benzene rings is 1. The molecule has 4 rings (SSSR count). The number of methoxy groups -OCH3 is 1. The van der Waals surface area contributed by atoms with E-state index in [4.69, 9.17) is 4.74 Å². The van der Waals surface area contributed by atoms with Crippen molar-refractivity contribution in [2.45, 2.75) is 38.1 Å². The van der Waals surface area contributed by atoms with Crippen molar-refractivity contribution in [1.82, 2.24) is 13.9 Å². The average molecular weight is 492 g/mol. The van der Waals surface area contributed by atoms with Crippen LogP contribution in [0.1, 0.15) is 31.0 Å². The van der Waals surface area contributed by atoms with Crippen molar-refractivity contribution in [3.63, 3.8) is 0 Å². The number of rotatable bonds is 5. The summed E-state index contributed by atoms with van der Waals surface area (Å²) in [5, 5.41) is 0.776. The number of nitrogens with zero attached hydrogens (tertiary/aromatic N) is 3. The van der Waals surface area contributed by atoms with Crippen molar-refractivity contribution in [3.05, 3.63) is 52.3 Å². The third kappa shape index (κ3) is 3.88. The lowest BCUT2D eigenvalue weighted by atomic mass is 10.0. The van der Waals surface area contributed by atoms with Crippen molar-refractivity contribution in [2.24, 2.45) is 5.92 Å². The summed E-state index contributed by atoms with van der Waals surface area (Å²) in [6, 6.07) is 8.88. The molecule has 1 aliphatic heterocycles. The van der Waals surface area contributed by atoms with Crippen molar-refractivity contribution in [1.29, 1.82) is 0 Å². The van der Waals surface area contributed by atoms with Gasteiger partial charge in [0, 0.05) is 34.8 Å². The van der Waals surface area contributed by atoms with E-state index in [-0.39, 0.29) is 4.90 Å². The molecule has 0 saturated carbocycles. The van der Waals surface area contributed by atoms with Crippen LogP contribution in [-0.2, 0) is 16.6 Å². The fraction of sp³-hybridized carbons (Fsp3) is 0.409. The highest BCUT2D eigenvalue weighted by Gasteiger charge is 2.28. The number of hydrogen-bond donors (Lipinski definition) is 0. The Morgan fingerprint density at radius 2 is 2.00 bits per heavy atom. The lowest BCUT2D eigenvalue weighted by Crippen LogP contribution is -2.34. The molecule has 0 aliphatic carbocycles. The summed E-state index contributed by atoms with van der Waals surface area (Å²) in [6.07, 6.45) is 3.99. The normalized spacial score (nSPS) is 18.1. The summed E-state index contributed by atoms with van der Waals surface area (Å²) in [6.45, 7) is 6.66. The molecule has 1 aliphatic rings. The standard InChI is InChI=1S/C22H26BrN3O3S/c1-15-6-8-18(9-7-15)30(27,28)26-17(14-25-10-4-5-16(2)13-25)11-19-20(23)12-24-22(29-3)21(19)26/h6-9,11-12,16H,4-5,10,13-14H2,1-3H3/t16-/m0/s1. The van der Waals surface area contributed by atoms with Gasteiger partial charge in [0.25, 0.3) is 10.0 Å². The Hall–Kier alpha value is -1.90. The molecule has 0 spiro atoms. The molecule has 6 nitrogen and oxygen atoms in total. The zero-order valence-electron chi connectivity index (χ0n) is 17.4. The quantitative estimate of drug-likeness (QED) is 0.522. The number of halogens is 1. The monoisotopic (exact) mass is 491 g/mol. The SMILES string of the molecule is COc1ncc(Br)c2cc(CN3CCC[C@H](C)C3)n(S(=O)(=O)c3ccc(C)cc3)c12. The summed E-state index contributed by atoms with van der Waals surface area (Å²) in [5.41, 5.74) is 2.19. The van der Waals surface area contributed by atoms with E-state index < -0.39 is 10.0 Å². The first-order chi connectivity index (χ1) is 14.3. The number of likely N-dealkylation sites (tertiary alicyclic amines) is 1. The maximum Gasteiger partial charge on any atom is 0.268 e. The van der Waals surface area contributed by atoms with Gasteiger partial charge in [0.1, 0.15) is 5.52 Å². The summed E-state index contributed by atoms with van der Waals surface area (Å²) in [4.78, 5) is 6.89. The van der Waals surface area contributed by atoms with Crippen molar-refractivity contribution < 1.29 is 13.2 Å². The summed E-state index contributed by atoms with van der Waals surface area (Å²) >= 11 is 3.54. The van der Waals surface area contributed by atoms with Gasteiger partial charge in [-0.25, -0.2) is 17.4 Å². The zero-order chi connectivity index (χ0) is 21.5. The van der Waals surface area contributed by atoms with E-state index in [2.05, 4.69) is 32.7 Å². The molecule has 3 aromatic rings. The topological polar surface area (TPSA) is 64.4 Å². The maximum atomic E-state index is 13.8. The summed E-state index contributed by atoms with van der Waals surface area (Å²) in [7, 11) is -2.32. The van der Waals surface area contributed by atoms with Gasteiger partial charge in [-0.2, -0.15) is 0 Å². The molecule has 30 heavy (non-hydrogen) atoms. The van der Waals surface area contributed by atoms with Crippen LogP contribution in [0, 0.1) is 12.8 Å². The molecule has 0 amide bonds. The average Bonchev–Trinajstić information content (AvgIpc) is 3.09. The number of pyridine rings is 1. The molecule has 1 saturated heterocycles.